The monoisotopic (exact) mass is 442 g/mol. The van der Waals surface area contributed by atoms with Crippen LogP contribution in [0.1, 0.15) is 22.7 Å². The summed E-state index contributed by atoms with van der Waals surface area (Å²) in [6, 6.07) is 12.9. The molecular formula is C25H18N2O6. The fraction of sp³-hybridized carbons (Fsp3) is 0.160. The summed E-state index contributed by atoms with van der Waals surface area (Å²) in [5.41, 5.74) is 2.53. The van der Waals surface area contributed by atoms with Crippen molar-refractivity contribution in [1.82, 2.24) is 4.98 Å². The van der Waals surface area contributed by atoms with Gasteiger partial charge in [0, 0.05) is 36.1 Å². The number of benzene rings is 2. The average Bonchev–Trinajstić information content (AvgIpc) is 3.56. The van der Waals surface area contributed by atoms with Crippen molar-refractivity contribution >= 4 is 23.1 Å². The van der Waals surface area contributed by atoms with Crippen LogP contribution in [0.3, 0.4) is 0 Å². The number of aliphatic hydroxyl groups excluding tert-OH is 1. The van der Waals surface area contributed by atoms with Gasteiger partial charge in [0.2, 0.25) is 6.79 Å². The van der Waals surface area contributed by atoms with E-state index >= 15 is 0 Å². The van der Waals surface area contributed by atoms with Gasteiger partial charge in [0.1, 0.15) is 11.5 Å². The Kier molecular flexibility index (Phi) is 4.33. The molecule has 0 bridgehead atoms. The lowest BCUT2D eigenvalue weighted by molar-refractivity contribution is -0.132. The van der Waals surface area contributed by atoms with Gasteiger partial charge in [0.25, 0.3) is 11.7 Å². The van der Waals surface area contributed by atoms with Crippen LogP contribution < -0.4 is 19.1 Å². The Hall–Kier alpha value is -4.33. The van der Waals surface area contributed by atoms with Crippen molar-refractivity contribution in [2.75, 3.05) is 18.3 Å². The Balaban J connectivity index is 1.52. The van der Waals surface area contributed by atoms with Gasteiger partial charge in [-0.3, -0.25) is 19.5 Å². The number of anilines is 1. The molecule has 3 aliphatic heterocycles. The van der Waals surface area contributed by atoms with Crippen molar-refractivity contribution in [2.45, 2.75) is 12.5 Å². The molecule has 164 valence electrons. The fourth-order valence-electron chi connectivity index (χ4n) is 4.48. The van der Waals surface area contributed by atoms with E-state index in [1.54, 1.807) is 60.9 Å². The zero-order valence-electron chi connectivity index (χ0n) is 17.4. The lowest BCUT2D eigenvalue weighted by Crippen LogP contribution is -2.29. The number of aliphatic hydroxyl groups is 1. The summed E-state index contributed by atoms with van der Waals surface area (Å²) in [5, 5.41) is 11.3. The zero-order chi connectivity index (χ0) is 22.5. The van der Waals surface area contributed by atoms with E-state index in [2.05, 4.69) is 4.98 Å². The highest BCUT2D eigenvalue weighted by atomic mass is 16.7. The minimum Gasteiger partial charge on any atom is -0.507 e. The summed E-state index contributed by atoms with van der Waals surface area (Å²) in [4.78, 5) is 31.9. The molecule has 3 aromatic rings. The van der Waals surface area contributed by atoms with E-state index < -0.39 is 17.7 Å². The van der Waals surface area contributed by atoms with Crippen LogP contribution in [0.15, 0.2) is 66.5 Å². The van der Waals surface area contributed by atoms with Gasteiger partial charge < -0.3 is 19.3 Å². The predicted octanol–water partition coefficient (Wildman–Crippen LogP) is 3.37. The van der Waals surface area contributed by atoms with Crippen molar-refractivity contribution in [2.24, 2.45) is 0 Å². The number of nitrogens with zero attached hydrogens (tertiary/aromatic N) is 2. The summed E-state index contributed by atoms with van der Waals surface area (Å²) < 4.78 is 16.4. The second-order valence-corrected chi connectivity index (χ2v) is 7.91. The third kappa shape index (κ3) is 3.02. The van der Waals surface area contributed by atoms with E-state index in [4.69, 9.17) is 14.2 Å². The van der Waals surface area contributed by atoms with Gasteiger partial charge in [0.05, 0.1) is 18.2 Å². The van der Waals surface area contributed by atoms with Crippen LogP contribution in [0, 0.1) is 0 Å². The van der Waals surface area contributed by atoms with Gasteiger partial charge in [-0.1, -0.05) is 0 Å². The maximum absolute atomic E-state index is 13.2. The van der Waals surface area contributed by atoms with Gasteiger partial charge in [-0.2, -0.15) is 0 Å². The number of rotatable bonds is 3. The highest BCUT2D eigenvalue weighted by molar-refractivity contribution is 6.51. The number of carbonyl (C=O) groups excluding carboxylic acids is 2. The first kappa shape index (κ1) is 19.4. The van der Waals surface area contributed by atoms with Crippen LogP contribution in [0.4, 0.5) is 5.69 Å². The lowest BCUT2D eigenvalue weighted by atomic mass is 9.95. The summed E-state index contributed by atoms with van der Waals surface area (Å²) >= 11 is 0. The first-order valence-corrected chi connectivity index (χ1v) is 10.5. The number of hydrogen-bond donors (Lipinski definition) is 1. The number of amides is 1. The minimum absolute atomic E-state index is 0.0164. The maximum Gasteiger partial charge on any atom is 0.300 e. The van der Waals surface area contributed by atoms with Crippen LogP contribution >= 0.6 is 0 Å². The zero-order valence-corrected chi connectivity index (χ0v) is 17.4. The average molecular weight is 442 g/mol. The number of ether oxygens (including phenoxy) is 3. The molecule has 1 aromatic heterocycles. The molecule has 4 heterocycles. The van der Waals surface area contributed by atoms with E-state index in [-0.39, 0.29) is 18.1 Å². The summed E-state index contributed by atoms with van der Waals surface area (Å²) in [6.07, 6.45) is 3.89. The van der Waals surface area contributed by atoms with Crippen molar-refractivity contribution in [3.8, 4) is 17.2 Å². The van der Waals surface area contributed by atoms with Crippen molar-refractivity contribution in [3.63, 3.8) is 0 Å². The molecule has 0 spiro atoms. The molecular weight excluding hydrogens is 424 g/mol. The van der Waals surface area contributed by atoms with Gasteiger partial charge in [-0.15, -0.1) is 0 Å². The smallest absolute Gasteiger partial charge is 0.300 e. The largest absolute Gasteiger partial charge is 0.507 e. The van der Waals surface area contributed by atoms with E-state index in [0.717, 1.165) is 17.7 Å². The minimum atomic E-state index is -0.835. The van der Waals surface area contributed by atoms with Gasteiger partial charge in [0.15, 0.2) is 11.5 Å². The Labute approximate surface area is 188 Å². The Morgan fingerprint density at radius 1 is 0.939 bits per heavy atom. The summed E-state index contributed by atoms with van der Waals surface area (Å²) in [5.74, 6) is 0.0919. The van der Waals surface area contributed by atoms with E-state index in [1.807, 2.05) is 0 Å². The molecule has 1 saturated heterocycles. The first-order chi connectivity index (χ1) is 16.1. The molecule has 8 nitrogen and oxygen atoms in total. The molecule has 0 aliphatic carbocycles. The third-order valence-electron chi connectivity index (χ3n) is 6.06. The molecule has 2 aromatic carbocycles. The number of ketones is 1. The molecule has 0 saturated carbocycles. The summed E-state index contributed by atoms with van der Waals surface area (Å²) in [7, 11) is 0. The Morgan fingerprint density at radius 2 is 1.73 bits per heavy atom. The van der Waals surface area contributed by atoms with Gasteiger partial charge in [-0.25, -0.2) is 0 Å². The Morgan fingerprint density at radius 3 is 2.58 bits per heavy atom. The van der Waals surface area contributed by atoms with Crippen molar-refractivity contribution in [3.05, 3.63) is 83.2 Å². The van der Waals surface area contributed by atoms with Crippen molar-refractivity contribution < 1.29 is 28.9 Å². The molecule has 1 amide bonds. The third-order valence-corrected chi connectivity index (χ3v) is 6.06. The van der Waals surface area contributed by atoms with Gasteiger partial charge >= 0.3 is 0 Å². The van der Waals surface area contributed by atoms with E-state index in [1.165, 1.54) is 4.90 Å². The number of hydrogen-bond acceptors (Lipinski definition) is 7. The Bertz CT molecular complexity index is 1330. The lowest BCUT2D eigenvalue weighted by Gasteiger charge is -2.25. The number of aromatic nitrogens is 1. The number of Topliss-reactive ketones (excluding diaryl/α,β-unsaturated/α-hetero) is 1. The first-order valence-electron chi connectivity index (χ1n) is 10.5. The molecule has 6 rings (SSSR count). The summed E-state index contributed by atoms with van der Waals surface area (Å²) in [6.45, 7) is 0.665. The highest BCUT2D eigenvalue weighted by Gasteiger charge is 2.47. The van der Waals surface area contributed by atoms with Crippen LogP contribution in [-0.4, -0.2) is 35.2 Å². The SMILES string of the molecule is O=C1C(=O)N(c2ccc3c(c2)OCO3)C(c2ccncc2)/C1=C(\O)c1ccc2c(c1)CCO2. The molecule has 1 N–H and O–H groups in total. The standard InChI is InChI=1S/C25H18N2O6/c28-23(16-1-3-18-15(11-16)7-10-31-18)21-22(14-5-8-26-9-6-14)27(25(30)24(21)29)17-2-4-19-20(12-17)33-13-32-19/h1-6,8-9,11-12,22,28H,7,10,13H2/b23-21+. The second kappa shape index (κ2) is 7.37. The predicted molar refractivity (Wildman–Crippen MR) is 117 cm³/mol. The topological polar surface area (TPSA) is 98.2 Å². The van der Waals surface area contributed by atoms with Gasteiger partial charge in [-0.05, 0) is 53.6 Å². The molecule has 0 radical (unpaired) electrons. The maximum atomic E-state index is 13.2. The number of fused-ring (bicyclic) bond motifs is 2. The van der Waals surface area contributed by atoms with Crippen LogP contribution in [-0.2, 0) is 16.0 Å². The quantitative estimate of drug-likeness (QED) is 0.377. The molecule has 1 unspecified atom stereocenters. The molecule has 33 heavy (non-hydrogen) atoms. The highest BCUT2D eigenvalue weighted by Crippen LogP contribution is 2.45. The second-order valence-electron chi connectivity index (χ2n) is 7.91. The van der Waals surface area contributed by atoms with E-state index in [9.17, 15) is 14.7 Å². The fourth-order valence-corrected chi connectivity index (χ4v) is 4.48. The van der Waals surface area contributed by atoms with Crippen LogP contribution in [0.2, 0.25) is 0 Å². The molecule has 1 atom stereocenters. The molecule has 8 heteroatoms. The van der Waals surface area contributed by atoms with Crippen LogP contribution in [0.25, 0.3) is 5.76 Å². The molecule has 1 fully saturated rings. The normalized spacial score (nSPS) is 20.1. The number of pyridine rings is 1. The number of carbonyl (C=O) groups is 2. The van der Waals surface area contributed by atoms with Crippen LogP contribution in [0.5, 0.6) is 17.2 Å². The molecule has 3 aliphatic rings. The van der Waals surface area contributed by atoms with E-state index in [0.29, 0.717) is 34.9 Å². The van der Waals surface area contributed by atoms with Crippen molar-refractivity contribution in [1.29, 1.82) is 0 Å².